The fourth-order valence-electron chi connectivity index (χ4n) is 3.77. The van der Waals surface area contributed by atoms with Crippen LogP contribution >= 0.6 is 11.8 Å². The lowest BCUT2D eigenvalue weighted by atomic mass is 10.0. The molecule has 1 aromatic rings. The van der Waals surface area contributed by atoms with Crippen LogP contribution < -0.4 is 5.32 Å². The molecule has 0 aromatic heterocycles. The maximum absolute atomic E-state index is 14.1. The Morgan fingerprint density at radius 1 is 1.35 bits per heavy atom. The first-order valence-electron chi connectivity index (χ1n) is 7.98. The van der Waals surface area contributed by atoms with Gasteiger partial charge in [0.25, 0.3) is 0 Å². The summed E-state index contributed by atoms with van der Waals surface area (Å²) in [5, 5.41) is 3.03. The van der Waals surface area contributed by atoms with Gasteiger partial charge in [0.05, 0.1) is 10.4 Å². The van der Waals surface area contributed by atoms with Gasteiger partial charge in [-0.25, -0.2) is 4.39 Å². The third-order valence-corrected chi connectivity index (χ3v) is 6.75. The van der Waals surface area contributed by atoms with Crippen LogP contribution in [-0.4, -0.2) is 33.4 Å². The van der Waals surface area contributed by atoms with E-state index in [2.05, 4.69) is 5.32 Å². The van der Waals surface area contributed by atoms with E-state index in [4.69, 9.17) is 0 Å². The highest BCUT2D eigenvalue weighted by molar-refractivity contribution is 8.01. The van der Waals surface area contributed by atoms with Crippen molar-refractivity contribution >= 4 is 23.6 Å². The highest BCUT2D eigenvalue weighted by Crippen LogP contribution is 2.49. The number of nitrogens with one attached hydrogen (secondary N) is 1. The van der Waals surface area contributed by atoms with Crippen molar-refractivity contribution in [3.63, 3.8) is 0 Å². The van der Waals surface area contributed by atoms with Crippen molar-refractivity contribution in [1.29, 1.82) is 0 Å². The molecule has 0 spiro atoms. The van der Waals surface area contributed by atoms with Crippen LogP contribution in [0, 0.1) is 5.82 Å². The molecule has 2 aliphatic heterocycles. The van der Waals surface area contributed by atoms with Gasteiger partial charge in [-0.15, -0.1) is 11.8 Å². The highest BCUT2D eigenvalue weighted by atomic mass is 32.2. The molecular weight excluding hydrogens is 315 g/mol. The Hall–Kier alpha value is -1.56. The van der Waals surface area contributed by atoms with Crippen LogP contribution in [0.5, 0.6) is 0 Å². The number of carbonyl (C=O) groups is 2. The average molecular weight is 334 g/mol. The number of nitrogens with zero attached hydrogens (tertiary/aromatic N) is 1. The molecule has 1 aromatic carbocycles. The van der Waals surface area contributed by atoms with E-state index in [0.29, 0.717) is 17.7 Å². The van der Waals surface area contributed by atoms with Gasteiger partial charge in [-0.3, -0.25) is 9.59 Å². The predicted molar refractivity (Wildman–Crippen MR) is 86.2 cm³/mol. The summed E-state index contributed by atoms with van der Waals surface area (Å²) < 4.78 is 14.1. The maximum Gasteiger partial charge on any atom is 0.244 e. The van der Waals surface area contributed by atoms with E-state index >= 15 is 0 Å². The smallest absolute Gasteiger partial charge is 0.244 e. The van der Waals surface area contributed by atoms with Crippen molar-refractivity contribution in [3.8, 4) is 0 Å². The molecular formula is C17H19FN2O2S. The number of rotatable bonds is 3. The molecule has 1 aliphatic carbocycles. The number of fused-ring (bicyclic) bond motifs is 1. The maximum atomic E-state index is 14.1. The first-order chi connectivity index (χ1) is 11.0. The summed E-state index contributed by atoms with van der Waals surface area (Å²) in [6.45, 7) is 2.03. The van der Waals surface area contributed by atoms with Gasteiger partial charge in [0, 0.05) is 17.7 Å². The largest absolute Gasteiger partial charge is 0.345 e. The topological polar surface area (TPSA) is 49.4 Å². The first-order valence-corrected chi connectivity index (χ1v) is 8.97. The highest BCUT2D eigenvalue weighted by Gasteiger charge is 2.55. The minimum Gasteiger partial charge on any atom is -0.345 e. The first kappa shape index (κ1) is 15.0. The zero-order chi connectivity index (χ0) is 16.2. The number of carbonyl (C=O) groups excluding carboxylic acids is 2. The number of amides is 2. The molecule has 0 radical (unpaired) electrons. The van der Waals surface area contributed by atoms with Crippen molar-refractivity contribution in [3.05, 3.63) is 35.6 Å². The lowest BCUT2D eigenvalue weighted by Gasteiger charge is -2.31. The van der Waals surface area contributed by atoms with Gasteiger partial charge >= 0.3 is 0 Å². The second-order valence-corrected chi connectivity index (χ2v) is 8.32. The van der Waals surface area contributed by atoms with Crippen LogP contribution in [0.15, 0.2) is 24.3 Å². The fourth-order valence-corrected chi connectivity index (χ4v) is 5.20. The molecule has 0 bridgehead atoms. The van der Waals surface area contributed by atoms with Crippen LogP contribution in [-0.2, 0) is 15.1 Å². The Kier molecular flexibility index (Phi) is 3.24. The average Bonchev–Trinajstić information content (AvgIpc) is 3.11. The Balaban J connectivity index is 1.55. The van der Waals surface area contributed by atoms with E-state index in [9.17, 15) is 14.0 Å². The summed E-state index contributed by atoms with van der Waals surface area (Å²) in [7, 11) is 0. The Labute approximate surface area is 138 Å². The lowest BCUT2D eigenvalue weighted by molar-refractivity contribution is -0.138. The molecule has 3 fully saturated rings. The molecule has 4 rings (SSSR count). The summed E-state index contributed by atoms with van der Waals surface area (Å²) in [4.78, 5) is 26.4. The summed E-state index contributed by atoms with van der Waals surface area (Å²) in [6, 6.07) is 6.16. The van der Waals surface area contributed by atoms with Crippen LogP contribution in [0.2, 0.25) is 0 Å². The molecule has 2 amide bonds. The molecule has 1 N–H and O–H groups in total. The van der Waals surface area contributed by atoms with Crippen molar-refractivity contribution in [2.24, 2.45) is 0 Å². The van der Waals surface area contributed by atoms with Crippen LogP contribution in [0.25, 0.3) is 0 Å². The monoisotopic (exact) mass is 334 g/mol. The van der Waals surface area contributed by atoms with E-state index < -0.39 is 11.6 Å². The molecule has 2 atom stereocenters. The molecule has 1 saturated carbocycles. The summed E-state index contributed by atoms with van der Waals surface area (Å²) in [5.41, 5.74) is -0.0380. The molecule has 122 valence electrons. The molecule has 3 aliphatic rings. The molecule has 2 unspecified atom stereocenters. The van der Waals surface area contributed by atoms with E-state index in [1.54, 1.807) is 34.9 Å². The van der Waals surface area contributed by atoms with Crippen molar-refractivity contribution in [1.82, 2.24) is 10.2 Å². The van der Waals surface area contributed by atoms with E-state index in [1.165, 1.54) is 6.07 Å². The molecule has 23 heavy (non-hydrogen) atoms. The zero-order valence-corrected chi connectivity index (χ0v) is 13.8. The molecule has 2 heterocycles. The van der Waals surface area contributed by atoms with Gasteiger partial charge in [0.15, 0.2) is 0 Å². The number of hydrogen-bond donors (Lipinski definition) is 1. The van der Waals surface area contributed by atoms with Crippen molar-refractivity contribution in [2.75, 3.05) is 5.75 Å². The quantitative estimate of drug-likeness (QED) is 0.923. The lowest BCUT2D eigenvalue weighted by Crippen LogP contribution is -2.52. The summed E-state index contributed by atoms with van der Waals surface area (Å²) in [5.74, 6) is 0.223. The van der Waals surface area contributed by atoms with E-state index in [1.807, 2.05) is 6.92 Å². The Bertz CT molecular complexity index is 691. The minimum atomic E-state index is -0.588. The molecule has 2 saturated heterocycles. The minimum absolute atomic E-state index is 0.0494. The van der Waals surface area contributed by atoms with Gasteiger partial charge in [0.2, 0.25) is 11.8 Å². The predicted octanol–water partition coefficient (Wildman–Crippen LogP) is 2.38. The number of hydrogen-bond acceptors (Lipinski definition) is 3. The second-order valence-electron chi connectivity index (χ2n) is 6.82. The SMILES string of the molecule is CC12CCC(=O)N1C(C(=O)NC1(c3ccccc3F)CC1)CS2. The third-order valence-electron chi connectivity index (χ3n) is 5.25. The van der Waals surface area contributed by atoms with Crippen LogP contribution in [0.1, 0.15) is 38.2 Å². The van der Waals surface area contributed by atoms with Crippen LogP contribution in [0.4, 0.5) is 4.39 Å². The second kappa shape index (κ2) is 4.97. The van der Waals surface area contributed by atoms with Gasteiger partial charge < -0.3 is 10.2 Å². The standard InChI is InChI=1S/C17H19FN2O2S/c1-16-7-6-14(21)20(16)13(10-23-16)15(22)19-17(8-9-17)11-4-2-3-5-12(11)18/h2-5,13H,6-10H2,1H3,(H,19,22). The summed E-state index contributed by atoms with van der Waals surface area (Å²) >= 11 is 1.67. The van der Waals surface area contributed by atoms with Crippen molar-refractivity contribution < 1.29 is 14.0 Å². The number of thioether (sulfide) groups is 1. The third kappa shape index (κ3) is 2.26. The van der Waals surface area contributed by atoms with Gasteiger partial charge in [-0.2, -0.15) is 0 Å². The number of benzene rings is 1. The summed E-state index contributed by atoms with van der Waals surface area (Å²) in [6.07, 6.45) is 2.78. The van der Waals surface area contributed by atoms with E-state index in [0.717, 1.165) is 19.3 Å². The molecule has 4 nitrogen and oxygen atoms in total. The van der Waals surface area contributed by atoms with Gasteiger partial charge in [0.1, 0.15) is 11.9 Å². The van der Waals surface area contributed by atoms with Crippen molar-refractivity contribution in [2.45, 2.75) is 49.1 Å². The molecule has 6 heteroatoms. The Morgan fingerprint density at radius 2 is 2.09 bits per heavy atom. The van der Waals surface area contributed by atoms with E-state index in [-0.39, 0.29) is 22.5 Å². The fraction of sp³-hybridized carbons (Fsp3) is 0.529. The number of halogens is 1. The Morgan fingerprint density at radius 3 is 2.78 bits per heavy atom. The van der Waals surface area contributed by atoms with Gasteiger partial charge in [-0.05, 0) is 32.3 Å². The zero-order valence-electron chi connectivity index (χ0n) is 13.0. The van der Waals surface area contributed by atoms with Crippen LogP contribution in [0.3, 0.4) is 0 Å². The van der Waals surface area contributed by atoms with Gasteiger partial charge in [-0.1, -0.05) is 18.2 Å². The normalized spacial score (nSPS) is 31.1.